The van der Waals surface area contributed by atoms with Crippen LogP contribution < -0.4 is 0 Å². The topological polar surface area (TPSA) is 26.3 Å². The molecule has 0 aliphatic heterocycles. The van der Waals surface area contributed by atoms with Gasteiger partial charge in [0, 0.05) is 0 Å². The first-order valence-electron chi connectivity index (χ1n) is 8.16. The maximum atomic E-state index is 12.1. The number of unbranched alkanes of at least 4 members (excludes halogenated alkanes) is 1. The van der Waals surface area contributed by atoms with Crippen molar-refractivity contribution in [1.82, 2.24) is 0 Å². The van der Waals surface area contributed by atoms with Crippen molar-refractivity contribution in [3.63, 3.8) is 0 Å². The summed E-state index contributed by atoms with van der Waals surface area (Å²) in [6.07, 6.45) is 4.61. The Morgan fingerprint density at radius 3 is 2.24 bits per heavy atom. The van der Waals surface area contributed by atoms with Gasteiger partial charge in [-0.25, -0.2) is 4.79 Å². The van der Waals surface area contributed by atoms with Gasteiger partial charge in [-0.15, -0.1) is 0 Å². The molecule has 118 valence electrons. The molecule has 1 aromatic rings. The van der Waals surface area contributed by atoms with E-state index < -0.39 is 0 Å². The molecule has 0 saturated heterocycles. The summed E-state index contributed by atoms with van der Waals surface area (Å²) in [6, 6.07) is 7.78. The second-order valence-electron chi connectivity index (χ2n) is 6.84. The van der Waals surface area contributed by atoms with Crippen LogP contribution in [0.25, 0.3) is 0 Å². The van der Waals surface area contributed by atoms with Crippen LogP contribution in [0.3, 0.4) is 0 Å². The van der Waals surface area contributed by atoms with Crippen LogP contribution in [0.15, 0.2) is 24.3 Å². The Hall–Kier alpha value is -1.31. The normalized spacial score (nSPS) is 13.0. The molecule has 0 aliphatic carbocycles. The second-order valence-corrected chi connectivity index (χ2v) is 6.84. The fourth-order valence-corrected chi connectivity index (χ4v) is 2.28. The molecule has 0 spiro atoms. The Morgan fingerprint density at radius 2 is 1.76 bits per heavy atom. The summed E-state index contributed by atoms with van der Waals surface area (Å²) < 4.78 is 5.46. The number of carbonyl (C=O) groups excluding carboxylic acids is 1. The van der Waals surface area contributed by atoms with E-state index in [1.165, 1.54) is 18.4 Å². The van der Waals surface area contributed by atoms with Crippen molar-refractivity contribution in [1.29, 1.82) is 0 Å². The smallest absolute Gasteiger partial charge is 0.338 e. The maximum Gasteiger partial charge on any atom is 0.338 e. The lowest BCUT2D eigenvalue weighted by molar-refractivity contribution is 0.0428. The molecule has 0 fully saturated rings. The van der Waals surface area contributed by atoms with Crippen molar-refractivity contribution in [2.45, 2.75) is 65.7 Å². The SMILES string of the molecule is CCCCC(CC)COC(=O)c1ccc(C(C)(C)C)cc1. The van der Waals surface area contributed by atoms with Gasteiger partial charge in [-0.05, 0) is 35.4 Å². The molecule has 1 unspecified atom stereocenters. The molecular formula is C19H30O2. The second kappa shape index (κ2) is 8.21. The van der Waals surface area contributed by atoms with Gasteiger partial charge in [0.25, 0.3) is 0 Å². The van der Waals surface area contributed by atoms with Crippen LogP contribution >= 0.6 is 0 Å². The highest BCUT2D eigenvalue weighted by Gasteiger charge is 2.15. The summed E-state index contributed by atoms with van der Waals surface area (Å²) in [4.78, 5) is 12.1. The van der Waals surface area contributed by atoms with Crippen molar-refractivity contribution in [3.05, 3.63) is 35.4 Å². The quantitative estimate of drug-likeness (QED) is 0.632. The third kappa shape index (κ3) is 5.91. The minimum atomic E-state index is -0.203. The summed E-state index contributed by atoms with van der Waals surface area (Å²) in [5.41, 5.74) is 1.98. The highest BCUT2D eigenvalue weighted by atomic mass is 16.5. The monoisotopic (exact) mass is 290 g/mol. The Morgan fingerprint density at radius 1 is 1.14 bits per heavy atom. The van der Waals surface area contributed by atoms with Crippen LogP contribution in [-0.2, 0) is 10.2 Å². The first-order chi connectivity index (χ1) is 9.88. The lowest BCUT2D eigenvalue weighted by Crippen LogP contribution is -2.15. The number of esters is 1. The Balaban J connectivity index is 2.55. The van der Waals surface area contributed by atoms with Gasteiger partial charge in [-0.2, -0.15) is 0 Å². The van der Waals surface area contributed by atoms with Crippen LogP contribution in [-0.4, -0.2) is 12.6 Å². The van der Waals surface area contributed by atoms with Gasteiger partial charge in [-0.1, -0.05) is 66.0 Å². The molecule has 2 nitrogen and oxygen atoms in total. The van der Waals surface area contributed by atoms with Crippen molar-refractivity contribution in [2.24, 2.45) is 5.92 Å². The number of carbonyl (C=O) groups is 1. The molecule has 0 amide bonds. The summed E-state index contributed by atoms with van der Waals surface area (Å²) in [5, 5.41) is 0. The number of hydrogen-bond acceptors (Lipinski definition) is 2. The van der Waals surface area contributed by atoms with E-state index in [9.17, 15) is 4.79 Å². The van der Waals surface area contributed by atoms with Crippen molar-refractivity contribution >= 4 is 5.97 Å². The predicted molar refractivity (Wildman–Crippen MR) is 88.7 cm³/mol. The average molecular weight is 290 g/mol. The zero-order valence-corrected chi connectivity index (χ0v) is 14.2. The van der Waals surface area contributed by atoms with Crippen molar-refractivity contribution < 1.29 is 9.53 Å². The molecule has 0 bridgehead atoms. The number of hydrogen-bond donors (Lipinski definition) is 0. The van der Waals surface area contributed by atoms with Gasteiger partial charge >= 0.3 is 5.97 Å². The highest BCUT2D eigenvalue weighted by molar-refractivity contribution is 5.89. The molecule has 0 aliphatic rings. The molecule has 2 heteroatoms. The third-order valence-electron chi connectivity index (χ3n) is 3.98. The average Bonchev–Trinajstić information content (AvgIpc) is 2.46. The van der Waals surface area contributed by atoms with Crippen LogP contribution in [0.5, 0.6) is 0 Å². The Kier molecular flexibility index (Phi) is 6.94. The molecule has 0 aromatic heterocycles. The molecule has 21 heavy (non-hydrogen) atoms. The zero-order valence-electron chi connectivity index (χ0n) is 14.2. The lowest BCUT2D eigenvalue weighted by atomic mass is 9.87. The summed E-state index contributed by atoms with van der Waals surface area (Å²) in [5.74, 6) is 0.285. The van der Waals surface area contributed by atoms with E-state index >= 15 is 0 Å². The zero-order chi connectivity index (χ0) is 15.9. The van der Waals surface area contributed by atoms with Crippen molar-refractivity contribution in [3.8, 4) is 0 Å². The Bertz CT molecular complexity index is 426. The molecule has 0 N–H and O–H groups in total. The maximum absolute atomic E-state index is 12.1. The Labute approximate surface area is 129 Å². The molecule has 1 atom stereocenters. The van der Waals surface area contributed by atoms with E-state index in [-0.39, 0.29) is 11.4 Å². The summed E-state index contributed by atoms with van der Waals surface area (Å²) >= 11 is 0. The molecule has 1 aromatic carbocycles. The molecule has 0 heterocycles. The molecule has 1 rings (SSSR count). The van der Waals surface area contributed by atoms with Crippen molar-refractivity contribution in [2.75, 3.05) is 6.61 Å². The van der Waals surface area contributed by atoms with E-state index in [0.29, 0.717) is 18.1 Å². The first-order valence-corrected chi connectivity index (χ1v) is 8.16. The summed E-state index contributed by atoms with van der Waals surface area (Å²) in [7, 11) is 0. The molecule has 0 radical (unpaired) electrons. The van der Waals surface area contributed by atoms with Gasteiger partial charge in [0.2, 0.25) is 0 Å². The van der Waals surface area contributed by atoms with Gasteiger partial charge < -0.3 is 4.74 Å². The van der Waals surface area contributed by atoms with E-state index in [1.807, 2.05) is 24.3 Å². The van der Waals surface area contributed by atoms with E-state index in [2.05, 4.69) is 34.6 Å². The number of benzene rings is 1. The highest BCUT2D eigenvalue weighted by Crippen LogP contribution is 2.22. The largest absolute Gasteiger partial charge is 0.462 e. The fourth-order valence-electron chi connectivity index (χ4n) is 2.28. The van der Waals surface area contributed by atoms with Gasteiger partial charge in [0.15, 0.2) is 0 Å². The number of ether oxygens (including phenoxy) is 1. The molecular weight excluding hydrogens is 260 g/mol. The van der Waals surface area contributed by atoms with Gasteiger partial charge in [0.1, 0.15) is 0 Å². The fraction of sp³-hybridized carbons (Fsp3) is 0.632. The van der Waals surface area contributed by atoms with Gasteiger partial charge in [-0.3, -0.25) is 0 Å². The predicted octanol–water partition coefficient (Wildman–Crippen LogP) is 5.36. The van der Waals surface area contributed by atoms with Crippen LogP contribution in [0.2, 0.25) is 0 Å². The minimum Gasteiger partial charge on any atom is -0.462 e. The lowest BCUT2D eigenvalue weighted by Gasteiger charge is -2.19. The van der Waals surface area contributed by atoms with Crippen LogP contribution in [0, 0.1) is 5.92 Å². The van der Waals surface area contributed by atoms with E-state index in [0.717, 1.165) is 12.8 Å². The van der Waals surface area contributed by atoms with E-state index in [1.54, 1.807) is 0 Å². The van der Waals surface area contributed by atoms with E-state index in [4.69, 9.17) is 4.74 Å². The standard InChI is InChI=1S/C19H30O2/c1-6-8-9-15(7-2)14-21-18(20)16-10-12-17(13-11-16)19(3,4)5/h10-13,15H,6-9,14H2,1-5H3. The molecule has 0 saturated carbocycles. The summed E-state index contributed by atoms with van der Waals surface area (Å²) in [6.45, 7) is 11.4. The van der Waals surface area contributed by atoms with Crippen LogP contribution in [0.1, 0.15) is 76.2 Å². The third-order valence-corrected chi connectivity index (χ3v) is 3.98. The minimum absolute atomic E-state index is 0.107. The van der Waals surface area contributed by atoms with Crippen LogP contribution in [0.4, 0.5) is 0 Å². The van der Waals surface area contributed by atoms with Gasteiger partial charge in [0.05, 0.1) is 12.2 Å². The first kappa shape index (κ1) is 17.7. The number of rotatable bonds is 7.